The number of rotatable bonds is 5. The Kier molecular flexibility index (Phi) is 7.69. The molecule has 21 heavy (non-hydrogen) atoms. The molecule has 0 aromatic carbocycles. The Hall–Kier alpha value is 0.781. The van der Waals surface area contributed by atoms with Gasteiger partial charge in [-0.2, -0.15) is 0 Å². The number of allylic oxidation sites excluding steroid dienone is 4. The van der Waals surface area contributed by atoms with Crippen LogP contribution in [0.3, 0.4) is 0 Å². The monoisotopic (exact) mass is 390 g/mol. The van der Waals surface area contributed by atoms with Crippen molar-refractivity contribution < 1.29 is 18.2 Å². The van der Waals surface area contributed by atoms with E-state index in [0.717, 1.165) is 11.1 Å². The Balaban J connectivity index is 0. The molecule has 2 nitrogen and oxygen atoms in total. The molecule has 0 bridgehead atoms. The summed E-state index contributed by atoms with van der Waals surface area (Å²) in [6.45, 7) is 10.6. The zero-order valence-corrected chi connectivity index (χ0v) is 18.8. The van der Waals surface area contributed by atoms with Crippen molar-refractivity contribution in [3.8, 4) is 0 Å². The zero-order valence-electron chi connectivity index (χ0n) is 14.4. The van der Waals surface area contributed by atoms with Gasteiger partial charge in [0.2, 0.25) is 0 Å². The zero-order chi connectivity index (χ0) is 15.0. The minimum absolute atomic E-state index is 0. The molecule has 0 spiro atoms. The second-order valence-corrected chi connectivity index (χ2v) is 36.9. The summed E-state index contributed by atoms with van der Waals surface area (Å²) in [7, 11) is 0. The summed E-state index contributed by atoms with van der Waals surface area (Å²) in [5.41, 5.74) is 0.0248. The molecule has 2 N–H and O–H groups in total. The quantitative estimate of drug-likeness (QED) is 0.693. The van der Waals surface area contributed by atoms with E-state index in [-0.39, 0.29) is 37.0 Å². The fourth-order valence-electron chi connectivity index (χ4n) is 3.88. The predicted octanol–water partition coefficient (Wildman–Crippen LogP) is 4.08. The van der Waals surface area contributed by atoms with Gasteiger partial charge in [0.15, 0.2) is 0 Å². The van der Waals surface area contributed by atoms with Gasteiger partial charge in [0.25, 0.3) is 0 Å². The van der Waals surface area contributed by atoms with Crippen molar-refractivity contribution in [1.82, 2.24) is 3.80 Å². The van der Waals surface area contributed by atoms with Crippen molar-refractivity contribution in [3.05, 3.63) is 22.1 Å². The van der Waals surface area contributed by atoms with Gasteiger partial charge >= 0.3 is 118 Å². The van der Waals surface area contributed by atoms with Gasteiger partial charge in [-0.3, -0.25) is 0 Å². The van der Waals surface area contributed by atoms with Gasteiger partial charge in [0, 0.05) is 0 Å². The number of hydrogen-bond acceptors (Lipinski definition) is 2. The van der Waals surface area contributed by atoms with Gasteiger partial charge in [0.05, 0.1) is 0 Å². The fourth-order valence-corrected chi connectivity index (χ4v) is 24.8. The normalized spacial score (nSPS) is 18.4. The molecule has 0 saturated carbocycles. The number of halogens is 2. The minimum atomic E-state index is -3.82. The van der Waals surface area contributed by atoms with Crippen LogP contribution in [0.15, 0.2) is 22.1 Å². The first kappa shape index (κ1) is 24.0. The molecule has 1 rings (SSSR count). The van der Waals surface area contributed by atoms with E-state index in [1.165, 1.54) is 3.88 Å². The number of nitrogens with one attached hydrogen (secondary N) is 1. The van der Waals surface area contributed by atoms with Gasteiger partial charge in [0.1, 0.15) is 0 Å². The standard InChI is InChI=1S/C5H5.C4H10N.C2H5O.C2H7Si.CH3.CH2.2ClH.Ti/c1-2-4-5-3-1;1-4(2,3)5;1-2-3;1-3-2;;;;;/h1-3H,4H2;5H,1-3H3;3H,1-2H2;3H,1-2H3;1H3;1H2;2*1H;/q;-1;;;;;;;+1. The van der Waals surface area contributed by atoms with E-state index >= 15 is 0 Å². The Bertz CT molecular complexity index is 522. The van der Waals surface area contributed by atoms with Crippen LogP contribution in [0.5, 0.6) is 0 Å². The van der Waals surface area contributed by atoms with Crippen LogP contribution in [0.4, 0.5) is 0 Å². The Morgan fingerprint density at radius 3 is 2.14 bits per heavy atom. The van der Waals surface area contributed by atoms with E-state index < -0.39 is 19.7 Å². The first-order valence-electron chi connectivity index (χ1n) is 7.43. The van der Waals surface area contributed by atoms with E-state index in [4.69, 9.17) is 4.82 Å². The van der Waals surface area contributed by atoms with Crippen molar-refractivity contribution in [1.29, 1.82) is 0 Å². The van der Waals surface area contributed by atoms with E-state index in [0.29, 0.717) is 0 Å². The molecule has 0 saturated heterocycles. The summed E-state index contributed by atoms with van der Waals surface area (Å²) in [6.07, 6.45) is 7.68. The van der Waals surface area contributed by atoms with Gasteiger partial charge in [-0.25, -0.2) is 0 Å². The van der Waals surface area contributed by atoms with Crippen molar-refractivity contribution in [2.24, 2.45) is 0 Å². The number of aliphatic hydroxyl groups is 1. The van der Waals surface area contributed by atoms with Crippen molar-refractivity contribution in [2.45, 2.75) is 55.8 Å². The summed E-state index contributed by atoms with van der Waals surface area (Å²) in [5, 5.41) is 12.2. The number of hydrogen-bond donors (Lipinski definition) is 2. The molecule has 0 atom stereocenters. The number of aliphatic hydroxyl groups excluding tert-OH is 1. The van der Waals surface area contributed by atoms with Gasteiger partial charge in [-0.15, -0.1) is 24.8 Å². The van der Waals surface area contributed by atoms with Crippen molar-refractivity contribution in [2.75, 3.05) is 6.61 Å². The molecule has 0 unspecified atom stereocenters. The van der Waals surface area contributed by atoms with E-state index in [2.05, 4.69) is 61.1 Å². The van der Waals surface area contributed by atoms with E-state index in [1.54, 1.807) is 0 Å². The van der Waals surface area contributed by atoms with Crippen molar-refractivity contribution >= 4 is 36.3 Å². The summed E-state index contributed by atoms with van der Waals surface area (Å²) < 4.78 is 6.38. The van der Waals surface area contributed by atoms with Gasteiger partial charge < -0.3 is 0 Å². The average Bonchev–Trinajstić information content (AvgIpc) is 2.67. The maximum atomic E-state index is 9.78. The summed E-state index contributed by atoms with van der Waals surface area (Å²) in [6, 6.07) is 0. The Labute approximate surface area is 142 Å². The molecule has 127 valence electrons. The fraction of sp³-hybridized carbons (Fsp3) is 0.667. The maximum absolute atomic E-state index is 9.78. The summed E-state index contributed by atoms with van der Waals surface area (Å²) in [4.78, 5) is 4.96. The summed E-state index contributed by atoms with van der Waals surface area (Å²) in [5.74, 6) is 0. The van der Waals surface area contributed by atoms with Crippen LogP contribution in [0, 0.1) is 0 Å². The van der Waals surface area contributed by atoms with Crippen LogP contribution < -0.4 is 3.80 Å². The molecule has 0 aliphatic heterocycles. The third kappa shape index (κ3) is 4.20. The molecule has 0 aromatic rings. The molecule has 0 fully saturated rings. The second kappa shape index (κ2) is 6.72. The summed E-state index contributed by atoms with van der Waals surface area (Å²) >= 11 is -3.82. The van der Waals surface area contributed by atoms with Crippen LogP contribution in [-0.4, -0.2) is 28.7 Å². The van der Waals surface area contributed by atoms with Gasteiger partial charge in [-0.05, 0) is 0 Å². The predicted molar refractivity (Wildman–Crippen MR) is 103 cm³/mol. The third-order valence-corrected chi connectivity index (χ3v) is 40.9. The van der Waals surface area contributed by atoms with Crippen molar-refractivity contribution in [3.63, 3.8) is 0 Å². The molecule has 0 radical (unpaired) electrons. The molecular formula is C15H34Cl2NOSiTi. The molecule has 0 amide bonds. The Morgan fingerprint density at radius 2 is 1.86 bits per heavy atom. The van der Waals surface area contributed by atoms with Crippen LogP contribution in [-0.2, 0) is 13.1 Å². The van der Waals surface area contributed by atoms with Crippen LogP contribution in [0.1, 0.15) is 27.2 Å². The molecule has 0 aromatic heterocycles. The first-order valence-corrected chi connectivity index (χ1v) is 18.4. The molecule has 1 aliphatic rings. The van der Waals surface area contributed by atoms with E-state index in [1.807, 2.05) is 0 Å². The SMILES string of the molecule is Cl.Cl.[CH2]=[Ti]([CH3])([CH2]CO)([NH]C(C)(C)C)([C]1=CC=CC1)[SiH](C)C. The third-order valence-electron chi connectivity index (χ3n) is 5.61. The van der Waals surface area contributed by atoms with E-state index in [9.17, 15) is 5.11 Å². The van der Waals surface area contributed by atoms with Gasteiger partial charge in [-0.1, -0.05) is 0 Å². The molecule has 1 aliphatic carbocycles. The second-order valence-electron chi connectivity index (χ2n) is 8.60. The molecule has 6 heteroatoms. The van der Waals surface area contributed by atoms with Crippen LogP contribution >= 0.6 is 24.8 Å². The van der Waals surface area contributed by atoms with Crippen LogP contribution in [0.25, 0.3) is 0 Å². The first-order chi connectivity index (χ1) is 8.40. The topological polar surface area (TPSA) is 32.3 Å². The average molecular weight is 391 g/mol. The molecule has 0 heterocycles. The molecular weight excluding hydrogens is 357 g/mol. The Morgan fingerprint density at radius 1 is 1.33 bits per heavy atom. The van der Waals surface area contributed by atoms with Crippen LogP contribution in [0.2, 0.25) is 23.0 Å².